The van der Waals surface area contributed by atoms with Crippen LogP contribution in [-0.2, 0) is 6.18 Å². The Morgan fingerprint density at radius 1 is 0.952 bits per heavy atom. The molecule has 2 N–H and O–H groups in total. The van der Waals surface area contributed by atoms with Crippen molar-refractivity contribution in [2.24, 2.45) is 5.73 Å². The summed E-state index contributed by atoms with van der Waals surface area (Å²) in [4.78, 5) is 0. The first kappa shape index (κ1) is 15.9. The van der Waals surface area contributed by atoms with Crippen LogP contribution in [0.25, 0.3) is 0 Å². The lowest BCUT2D eigenvalue weighted by Gasteiger charge is -2.19. The van der Waals surface area contributed by atoms with Crippen LogP contribution in [0, 0.1) is 13.8 Å². The molecule has 112 valence electrons. The SMILES string of the molecule is Cc1cc(Cl)ccc1C(N)c1ccc(C(F)(F)F)cc1C. The average Bonchev–Trinajstić information content (AvgIpc) is 2.36. The molecule has 2 aromatic rings. The number of hydrogen-bond donors (Lipinski definition) is 1. The number of alkyl halides is 3. The lowest BCUT2D eigenvalue weighted by atomic mass is 9.92. The molecule has 0 aromatic heterocycles. The maximum absolute atomic E-state index is 12.7. The van der Waals surface area contributed by atoms with Crippen molar-refractivity contribution in [1.82, 2.24) is 0 Å². The molecule has 2 rings (SSSR count). The largest absolute Gasteiger partial charge is 0.416 e. The molecule has 1 unspecified atom stereocenters. The van der Waals surface area contributed by atoms with E-state index in [1.54, 1.807) is 25.1 Å². The summed E-state index contributed by atoms with van der Waals surface area (Å²) in [5.74, 6) is 0. The fourth-order valence-electron chi connectivity index (χ4n) is 2.36. The van der Waals surface area contributed by atoms with Crippen molar-refractivity contribution in [3.63, 3.8) is 0 Å². The van der Waals surface area contributed by atoms with Gasteiger partial charge in [0.25, 0.3) is 0 Å². The van der Waals surface area contributed by atoms with Crippen LogP contribution in [0.5, 0.6) is 0 Å². The third-order valence-electron chi connectivity index (χ3n) is 3.50. The summed E-state index contributed by atoms with van der Waals surface area (Å²) >= 11 is 5.90. The minimum absolute atomic E-state index is 0.482. The smallest absolute Gasteiger partial charge is 0.320 e. The van der Waals surface area contributed by atoms with E-state index in [1.165, 1.54) is 6.07 Å². The van der Waals surface area contributed by atoms with Crippen molar-refractivity contribution in [3.8, 4) is 0 Å². The Morgan fingerprint density at radius 3 is 1.95 bits per heavy atom. The molecule has 0 spiro atoms. The summed E-state index contributed by atoms with van der Waals surface area (Å²) in [6, 6.07) is 8.47. The minimum atomic E-state index is -4.34. The summed E-state index contributed by atoms with van der Waals surface area (Å²) in [7, 11) is 0. The Bertz CT molecular complexity index is 665. The van der Waals surface area contributed by atoms with Gasteiger partial charge in [-0.05, 0) is 60.4 Å². The van der Waals surface area contributed by atoms with Crippen molar-refractivity contribution in [1.29, 1.82) is 0 Å². The number of halogens is 4. The third-order valence-corrected chi connectivity index (χ3v) is 3.73. The van der Waals surface area contributed by atoms with Crippen LogP contribution >= 0.6 is 11.6 Å². The van der Waals surface area contributed by atoms with E-state index in [1.807, 2.05) is 6.92 Å². The van der Waals surface area contributed by atoms with Gasteiger partial charge in [0.15, 0.2) is 0 Å². The van der Waals surface area contributed by atoms with E-state index in [2.05, 4.69) is 0 Å². The van der Waals surface area contributed by atoms with Crippen molar-refractivity contribution in [3.05, 3.63) is 69.2 Å². The van der Waals surface area contributed by atoms with Crippen LogP contribution < -0.4 is 5.73 Å². The molecule has 5 heteroatoms. The molecule has 0 saturated heterocycles. The number of benzene rings is 2. The lowest BCUT2D eigenvalue weighted by Crippen LogP contribution is -2.15. The van der Waals surface area contributed by atoms with Gasteiger partial charge in [0.1, 0.15) is 0 Å². The zero-order valence-electron chi connectivity index (χ0n) is 11.6. The Hall–Kier alpha value is -1.52. The van der Waals surface area contributed by atoms with Gasteiger partial charge in [0, 0.05) is 5.02 Å². The highest BCUT2D eigenvalue weighted by atomic mass is 35.5. The molecule has 0 saturated carbocycles. The van der Waals surface area contributed by atoms with Gasteiger partial charge in [-0.3, -0.25) is 0 Å². The molecule has 0 bridgehead atoms. The molecule has 0 radical (unpaired) electrons. The Kier molecular flexibility index (Phi) is 4.30. The standard InChI is InChI=1S/C16H15ClF3N/c1-9-7-11(16(18,19)20)3-5-13(9)15(21)14-6-4-12(17)8-10(14)2/h3-8,15H,21H2,1-2H3. The van der Waals surface area contributed by atoms with Crippen molar-refractivity contribution in [2.45, 2.75) is 26.1 Å². The van der Waals surface area contributed by atoms with Crippen LogP contribution in [0.4, 0.5) is 13.2 Å². The highest BCUT2D eigenvalue weighted by Gasteiger charge is 2.31. The second kappa shape index (κ2) is 5.70. The van der Waals surface area contributed by atoms with Gasteiger partial charge in [-0.2, -0.15) is 13.2 Å². The predicted octanol–water partition coefficient (Wildman–Crippen LogP) is 5.02. The summed E-state index contributed by atoms with van der Waals surface area (Å²) in [6.07, 6.45) is -4.34. The van der Waals surface area contributed by atoms with Crippen molar-refractivity contribution >= 4 is 11.6 Å². The summed E-state index contributed by atoms with van der Waals surface area (Å²) < 4.78 is 38.1. The molecular formula is C16H15ClF3N. The van der Waals surface area contributed by atoms with Crippen molar-refractivity contribution in [2.75, 3.05) is 0 Å². The quantitative estimate of drug-likeness (QED) is 0.827. The maximum Gasteiger partial charge on any atom is 0.416 e. The number of hydrogen-bond acceptors (Lipinski definition) is 1. The van der Waals surface area contributed by atoms with Crippen molar-refractivity contribution < 1.29 is 13.2 Å². The second-order valence-electron chi connectivity index (χ2n) is 5.05. The lowest BCUT2D eigenvalue weighted by molar-refractivity contribution is -0.137. The van der Waals surface area contributed by atoms with E-state index in [0.29, 0.717) is 16.1 Å². The van der Waals surface area contributed by atoms with Crippen LogP contribution in [0.1, 0.15) is 33.9 Å². The second-order valence-corrected chi connectivity index (χ2v) is 5.48. The van der Waals surface area contributed by atoms with Gasteiger partial charge in [-0.25, -0.2) is 0 Å². The molecule has 0 heterocycles. The Morgan fingerprint density at radius 2 is 1.48 bits per heavy atom. The van der Waals surface area contributed by atoms with Gasteiger partial charge >= 0.3 is 6.18 Å². The first-order valence-electron chi connectivity index (χ1n) is 6.39. The zero-order valence-corrected chi connectivity index (χ0v) is 12.4. The number of rotatable bonds is 2. The highest BCUT2D eigenvalue weighted by molar-refractivity contribution is 6.30. The van der Waals surface area contributed by atoms with Gasteiger partial charge in [0.2, 0.25) is 0 Å². The van der Waals surface area contributed by atoms with E-state index in [0.717, 1.165) is 23.3 Å². The van der Waals surface area contributed by atoms with E-state index < -0.39 is 17.8 Å². The van der Waals surface area contributed by atoms with Gasteiger partial charge in [0.05, 0.1) is 11.6 Å². The third kappa shape index (κ3) is 3.39. The topological polar surface area (TPSA) is 26.0 Å². The zero-order chi connectivity index (χ0) is 15.8. The molecule has 0 aliphatic rings. The van der Waals surface area contributed by atoms with Crippen LogP contribution in [0.15, 0.2) is 36.4 Å². The van der Waals surface area contributed by atoms with Crippen LogP contribution in [0.3, 0.4) is 0 Å². The molecular weight excluding hydrogens is 299 g/mol. The minimum Gasteiger partial charge on any atom is -0.320 e. The van der Waals surface area contributed by atoms with Gasteiger partial charge < -0.3 is 5.73 Å². The Labute approximate surface area is 126 Å². The number of nitrogens with two attached hydrogens (primary N) is 1. The van der Waals surface area contributed by atoms with E-state index >= 15 is 0 Å². The van der Waals surface area contributed by atoms with E-state index in [4.69, 9.17) is 17.3 Å². The Balaban J connectivity index is 2.42. The molecule has 21 heavy (non-hydrogen) atoms. The van der Waals surface area contributed by atoms with Crippen LogP contribution in [-0.4, -0.2) is 0 Å². The molecule has 1 nitrogen and oxygen atoms in total. The fraction of sp³-hybridized carbons (Fsp3) is 0.250. The molecule has 1 atom stereocenters. The maximum atomic E-state index is 12.7. The highest BCUT2D eigenvalue weighted by Crippen LogP contribution is 2.33. The van der Waals surface area contributed by atoms with E-state index in [-0.39, 0.29) is 0 Å². The normalized spacial score (nSPS) is 13.3. The predicted molar refractivity (Wildman–Crippen MR) is 78.4 cm³/mol. The molecule has 2 aromatic carbocycles. The van der Waals surface area contributed by atoms with Crippen LogP contribution in [0.2, 0.25) is 5.02 Å². The first-order valence-corrected chi connectivity index (χ1v) is 6.77. The summed E-state index contributed by atoms with van der Waals surface area (Å²) in [5.41, 5.74) is 8.49. The monoisotopic (exact) mass is 313 g/mol. The molecule has 0 fully saturated rings. The summed E-state index contributed by atoms with van der Waals surface area (Å²) in [5, 5.41) is 0.604. The molecule has 0 aliphatic carbocycles. The average molecular weight is 314 g/mol. The first-order chi connectivity index (χ1) is 9.70. The van der Waals surface area contributed by atoms with E-state index in [9.17, 15) is 13.2 Å². The van der Waals surface area contributed by atoms with Gasteiger partial charge in [-0.15, -0.1) is 0 Å². The number of aryl methyl sites for hydroxylation is 2. The summed E-state index contributed by atoms with van der Waals surface area (Å²) in [6.45, 7) is 3.51. The fourth-order valence-corrected chi connectivity index (χ4v) is 2.58. The molecule has 0 aliphatic heterocycles. The van der Waals surface area contributed by atoms with Gasteiger partial charge in [-0.1, -0.05) is 23.7 Å². The molecule has 0 amide bonds.